The van der Waals surface area contributed by atoms with Crippen molar-refractivity contribution < 1.29 is 4.79 Å². The summed E-state index contributed by atoms with van der Waals surface area (Å²) in [6.07, 6.45) is 3.86. The molecular formula is C17H25BrN2O. The van der Waals surface area contributed by atoms with Crippen LogP contribution in [0, 0.1) is 0 Å². The van der Waals surface area contributed by atoms with Crippen LogP contribution in [0.1, 0.15) is 45.1 Å². The number of carbonyl (C=O) groups is 1. The van der Waals surface area contributed by atoms with Gasteiger partial charge in [0, 0.05) is 29.5 Å². The molecule has 0 heterocycles. The van der Waals surface area contributed by atoms with E-state index in [1.807, 2.05) is 18.2 Å². The van der Waals surface area contributed by atoms with Crippen molar-refractivity contribution in [2.24, 2.45) is 0 Å². The molecule has 1 N–H and O–H groups in total. The Hall–Kier alpha value is -0.870. The highest BCUT2D eigenvalue weighted by Crippen LogP contribution is 2.30. The van der Waals surface area contributed by atoms with E-state index >= 15 is 0 Å². The topological polar surface area (TPSA) is 32.3 Å². The second kappa shape index (κ2) is 7.95. The van der Waals surface area contributed by atoms with Crippen molar-refractivity contribution in [2.75, 3.05) is 6.54 Å². The van der Waals surface area contributed by atoms with Crippen LogP contribution in [0.25, 0.3) is 0 Å². The first-order chi connectivity index (χ1) is 10.1. The first kappa shape index (κ1) is 16.5. The van der Waals surface area contributed by atoms with Crippen molar-refractivity contribution in [3.8, 4) is 0 Å². The molecule has 1 aromatic carbocycles. The smallest absolute Gasteiger partial charge is 0.223 e. The lowest BCUT2D eigenvalue weighted by molar-refractivity contribution is -0.132. The molecule has 1 aliphatic carbocycles. The van der Waals surface area contributed by atoms with Gasteiger partial charge in [0.15, 0.2) is 0 Å². The maximum Gasteiger partial charge on any atom is 0.223 e. The molecule has 0 spiro atoms. The molecule has 0 saturated heterocycles. The number of benzene rings is 1. The molecule has 0 atom stereocenters. The molecule has 4 heteroatoms. The third-order valence-corrected chi connectivity index (χ3v) is 4.50. The predicted octanol–water partition coefficient (Wildman–Crippen LogP) is 3.72. The standard InChI is InChI=1S/C17H25BrN2O/c1-13(2)19-11-5-8-17(21)20(15-9-10-15)12-14-6-3-4-7-16(14)18/h3-4,6-7,13,15,19H,5,8-12H2,1-2H3. The van der Waals surface area contributed by atoms with Crippen LogP contribution in [0.3, 0.4) is 0 Å². The van der Waals surface area contributed by atoms with Gasteiger partial charge in [0.1, 0.15) is 0 Å². The minimum atomic E-state index is 0.291. The molecule has 21 heavy (non-hydrogen) atoms. The van der Waals surface area contributed by atoms with E-state index in [0.29, 0.717) is 24.4 Å². The molecule has 1 amide bonds. The van der Waals surface area contributed by atoms with Gasteiger partial charge in [0.25, 0.3) is 0 Å². The minimum absolute atomic E-state index is 0.291. The highest BCUT2D eigenvalue weighted by Gasteiger charge is 2.32. The van der Waals surface area contributed by atoms with Gasteiger partial charge in [-0.3, -0.25) is 4.79 Å². The van der Waals surface area contributed by atoms with E-state index in [1.54, 1.807) is 0 Å². The first-order valence-corrected chi connectivity index (χ1v) is 8.63. The predicted molar refractivity (Wildman–Crippen MR) is 90.1 cm³/mol. The summed E-state index contributed by atoms with van der Waals surface area (Å²) in [5.41, 5.74) is 1.19. The van der Waals surface area contributed by atoms with Gasteiger partial charge < -0.3 is 10.2 Å². The van der Waals surface area contributed by atoms with Crippen molar-refractivity contribution >= 4 is 21.8 Å². The molecule has 0 aliphatic heterocycles. The molecule has 1 saturated carbocycles. The Balaban J connectivity index is 1.87. The van der Waals surface area contributed by atoms with Gasteiger partial charge in [0.05, 0.1) is 0 Å². The van der Waals surface area contributed by atoms with Gasteiger partial charge in [-0.15, -0.1) is 0 Å². The Labute approximate surface area is 136 Å². The second-order valence-corrected chi connectivity index (χ2v) is 6.91. The first-order valence-electron chi connectivity index (χ1n) is 7.84. The Morgan fingerprint density at radius 2 is 2.10 bits per heavy atom. The fourth-order valence-electron chi connectivity index (χ4n) is 2.39. The number of rotatable bonds is 8. The van der Waals surface area contributed by atoms with Crippen LogP contribution in [0.15, 0.2) is 28.7 Å². The fourth-order valence-corrected chi connectivity index (χ4v) is 2.80. The Kier molecular flexibility index (Phi) is 6.24. The van der Waals surface area contributed by atoms with Crippen LogP contribution in [-0.4, -0.2) is 29.4 Å². The maximum atomic E-state index is 12.5. The van der Waals surface area contributed by atoms with Crippen LogP contribution in [-0.2, 0) is 11.3 Å². The van der Waals surface area contributed by atoms with Crippen LogP contribution in [0.2, 0.25) is 0 Å². The molecule has 0 unspecified atom stereocenters. The maximum absolute atomic E-state index is 12.5. The van der Waals surface area contributed by atoms with E-state index in [9.17, 15) is 4.79 Å². The monoisotopic (exact) mass is 352 g/mol. The number of carbonyl (C=O) groups excluding carboxylic acids is 1. The largest absolute Gasteiger partial charge is 0.335 e. The molecule has 1 aromatic rings. The molecular weight excluding hydrogens is 328 g/mol. The van der Waals surface area contributed by atoms with Gasteiger partial charge in [-0.05, 0) is 37.4 Å². The second-order valence-electron chi connectivity index (χ2n) is 6.06. The van der Waals surface area contributed by atoms with Crippen molar-refractivity contribution in [1.29, 1.82) is 0 Å². The van der Waals surface area contributed by atoms with E-state index in [1.165, 1.54) is 5.56 Å². The average molecular weight is 353 g/mol. The highest BCUT2D eigenvalue weighted by atomic mass is 79.9. The van der Waals surface area contributed by atoms with Crippen molar-refractivity contribution in [1.82, 2.24) is 10.2 Å². The summed E-state index contributed by atoms with van der Waals surface area (Å²) in [5, 5.41) is 3.37. The lowest BCUT2D eigenvalue weighted by atomic mass is 10.2. The van der Waals surface area contributed by atoms with Crippen LogP contribution in [0.5, 0.6) is 0 Å². The SMILES string of the molecule is CC(C)NCCCC(=O)N(Cc1ccccc1Br)C1CC1. The molecule has 3 nitrogen and oxygen atoms in total. The van der Waals surface area contributed by atoms with Gasteiger partial charge in [-0.1, -0.05) is 48.0 Å². The van der Waals surface area contributed by atoms with Crippen LogP contribution >= 0.6 is 15.9 Å². The van der Waals surface area contributed by atoms with E-state index in [0.717, 1.165) is 36.8 Å². The summed E-state index contributed by atoms with van der Waals surface area (Å²) in [6, 6.07) is 9.11. The minimum Gasteiger partial charge on any atom is -0.335 e. The lowest BCUT2D eigenvalue weighted by Crippen LogP contribution is -2.33. The summed E-state index contributed by atoms with van der Waals surface area (Å²) in [7, 11) is 0. The van der Waals surface area contributed by atoms with Crippen molar-refractivity contribution in [3.63, 3.8) is 0 Å². The van der Waals surface area contributed by atoms with E-state index in [-0.39, 0.29) is 0 Å². The number of nitrogens with one attached hydrogen (secondary N) is 1. The summed E-state index contributed by atoms with van der Waals surface area (Å²) in [4.78, 5) is 14.5. The van der Waals surface area contributed by atoms with E-state index < -0.39 is 0 Å². The normalized spacial score (nSPS) is 14.5. The molecule has 1 fully saturated rings. The summed E-state index contributed by atoms with van der Waals surface area (Å²) in [5.74, 6) is 0.291. The van der Waals surface area contributed by atoms with Crippen LogP contribution < -0.4 is 5.32 Å². The molecule has 0 radical (unpaired) electrons. The zero-order valence-corrected chi connectivity index (χ0v) is 14.5. The van der Waals surface area contributed by atoms with Gasteiger partial charge in [-0.2, -0.15) is 0 Å². The number of hydrogen-bond acceptors (Lipinski definition) is 2. The van der Waals surface area contributed by atoms with Crippen LogP contribution in [0.4, 0.5) is 0 Å². The summed E-state index contributed by atoms with van der Waals surface area (Å²) in [6.45, 7) is 5.90. The number of hydrogen-bond donors (Lipinski definition) is 1. The average Bonchev–Trinajstić information content (AvgIpc) is 3.27. The Bertz CT molecular complexity index is 472. The summed E-state index contributed by atoms with van der Waals surface area (Å²) >= 11 is 3.58. The molecule has 1 aliphatic rings. The van der Waals surface area contributed by atoms with Crippen molar-refractivity contribution in [2.45, 2.75) is 58.2 Å². The highest BCUT2D eigenvalue weighted by molar-refractivity contribution is 9.10. The number of amides is 1. The zero-order chi connectivity index (χ0) is 15.2. The number of halogens is 1. The fraction of sp³-hybridized carbons (Fsp3) is 0.588. The van der Waals surface area contributed by atoms with E-state index in [4.69, 9.17) is 0 Å². The van der Waals surface area contributed by atoms with Crippen molar-refractivity contribution in [3.05, 3.63) is 34.3 Å². The molecule has 0 bridgehead atoms. The Morgan fingerprint density at radius 1 is 1.38 bits per heavy atom. The number of nitrogens with zero attached hydrogens (tertiary/aromatic N) is 1. The van der Waals surface area contributed by atoms with Gasteiger partial charge in [0.2, 0.25) is 5.91 Å². The molecule has 2 rings (SSSR count). The Morgan fingerprint density at radius 3 is 2.71 bits per heavy atom. The third kappa shape index (κ3) is 5.44. The quantitative estimate of drug-likeness (QED) is 0.723. The third-order valence-electron chi connectivity index (χ3n) is 3.73. The summed E-state index contributed by atoms with van der Waals surface area (Å²) < 4.78 is 1.09. The van der Waals surface area contributed by atoms with Gasteiger partial charge in [-0.25, -0.2) is 0 Å². The molecule has 0 aromatic heterocycles. The van der Waals surface area contributed by atoms with Gasteiger partial charge >= 0.3 is 0 Å². The van der Waals surface area contributed by atoms with E-state index in [2.05, 4.69) is 46.1 Å². The zero-order valence-electron chi connectivity index (χ0n) is 12.9. The lowest BCUT2D eigenvalue weighted by Gasteiger charge is -2.23. The molecule has 116 valence electrons.